The van der Waals surface area contributed by atoms with Crippen molar-refractivity contribution >= 4 is 23.1 Å². The molecule has 1 aliphatic heterocycles. The van der Waals surface area contributed by atoms with E-state index in [0.29, 0.717) is 0 Å². The van der Waals surface area contributed by atoms with Crippen LogP contribution in [0.3, 0.4) is 0 Å². The average molecular weight is 301 g/mol. The maximum Gasteiger partial charge on any atom is 0.134 e. The van der Waals surface area contributed by atoms with Crippen LogP contribution in [-0.2, 0) is 6.42 Å². The Bertz CT molecular complexity index is 897. The first kappa shape index (κ1) is 14.0. The summed E-state index contributed by atoms with van der Waals surface area (Å²) in [5.74, 6) is 1.01. The summed E-state index contributed by atoms with van der Waals surface area (Å²) in [5, 5.41) is 1.13. The molecule has 0 amide bonds. The van der Waals surface area contributed by atoms with E-state index in [1.807, 2.05) is 18.2 Å². The fourth-order valence-corrected chi connectivity index (χ4v) is 3.14. The molecular weight excluding hydrogens is 282 g/mol. The van der Waals surface area contributed by atoms with Crippen LogP contribution < -0.4 is 4.74 Å². The molecule has 2 nitrogen and oxygen atoms in total. The molecule has 0 radical (unpaired) electrons. The third-order valence-electron chi connectivity index (χ3n) is 4.26. The maximum atomic E-state index is 6.09. The molecule has 3 aromatic rings. The summed E-state index contributed by atoms with van der Waals surface area (Å²) in [6, 6.07) is 16.7. The molecule has 1 aromatic heterocycles. The zero-order chi connectivity index (χ0) is 15.8. The Labute approximate surface area is 136 Å². The van der Waals surface area contributed by atoms with Crippen molar-refractivity contribution in [2.24, 2.45) is 0 Å². The van der Waals surface area contributed by atoms with Crippen LogP contribution in [0.1, 0.15) is 29.3 Å². The number of ether oxygens (including phenoxy) is 1. The van der Waals surface area contributed by atoms with E-state index in [1.165, 1.54) is 16.7 Å². The minimum atomic E-state index is 0.210. The lowest BCUT2D eigenvalue weighted by Gasteiger charge is -2.09. The first-order valence-electron chi connectivity index (χ1n) is 8.04. The van der Waals surface area contributed by atoms with Gasteiger partial charge in [0.15, 0.2) is 0 Å². The first-order valence-corrected chi connectivity index (χ1v) is 8.04. The lowest BCUT2D eigenvalue weighted by Crippen LogP contribution is -2.05. The van der Waals surface area contributed by atoms with E-state index < -0.39 is 0 Å². The number of aryl methyl sites for hydroxylation is 1. The largest absolute Gasteiger partial charge is 0.489 e. The van der Waals surface area contributed by atoms with E-state index in [9.17, 15) is 0 Å². The van der Waals surface area contributed by atoms with Crippen LogP contribution in [-0.4, -0.2) is 11.1 Å². The molecule has 0 saturated carbocycles. The van der Waals surface area contributed by atoms with Gasteiger partial charge in [-0.3, -0.25) is 0 Å². The van der Waals surface area contributed by atoms with Gasteiger partial charge < -0.3 is 4.74 Å². The Morgan fingerprint density at radius 3 is 2.74 bits per heavy atom. The fourth-order valence-electron chi connectivity index (χ4n) is 3.14. The highest BCUT2D eigenvalue weighted by Gasteiger charge is 2.25. The van der Waals surface area contributed by atoms with Gasteiger partial charge in [0, 0.05) is 17.4 Å². The third kappa shape index (κ3) is 2.61. The Kier molecular flexibility index (Phi) is 3.38. The summed E-state index contributed by atoms with van der Waals surface area (Å²) < 4.78 is 6.09. The molecule has 0 N–H and O–H groups in total. The van der Waals surface area contributed by atoms with Gasteiger partial charge in [-0.05, 0) is 37.6 Å². The summed E-state index contributed by atoms with van der Waals surface area (Å²) in [6.07, 6.45) is 5.35. The van der Waals surface area contributed by atoms with Crippen molar-refractivity contribution in [1.29, 1.82) is 0 Å². The number of pyridine rings is 1. The highest BCUT2D eigenvalue weighted by atomic mass is 16.5. The molecule has 0 fully saturated rings. The van der Waals surface area contributed by atoms with Crippen molar-refractivity contribution in [3.8, 4) is 5.75 Å². The van der Waals surface area contributed by atoms with Crippen LogP contribution in [0.15, 0.2) is 48.5 Å². The Balaban J connectivity index is 1.86. The first-order chi connectivity index (χ1) is 11.2. The summed E-state index contributed by atoms with van der Waals surface area (Å²) in [7, 11) is 0. The lowest BCUT2D eigenvalue weighted by atomic mass is 10.0. The zero-order valence-corrected chi connectivity index (χ0v) is 13.4. The molecule has 2 heteroatoms. The smallest absolute Gasteiger partial charge is 0.134 e. The van der Waals surface area contributed by atoms with Gasteiger partial charge in [-0.15, -0.1) is 0 Å². The van der Waals surface area contributed by atoms with Crippen molar-refractivity contribution in [2.45, 2.75) is 26.4 Å². The molecule has 0 unspecified atom stereocenters. The van der Waals surface area contributed by atoms with Gasteiger partial charge in [0.2, 0.25) is 0 Å². The molecule has 0 saturated heterocycles. The van der Waals surface area contributed by atoms with E-state index in [0.717, 1.165) is 28.8 Å². The van der Waals surface area contributed by atoms with Gasteiger partial charge in [-0.2, -0.15) is 0 Å². The Morgan fingerprint density at radius 1 is 1.09 bits per heavy atom. The molecule has 2 heterocycles. The number of rotatable bonds is 2. The van der Waals surface area contributed by atoms with Crippen LogP contribution in [0.25, 0.3) is 23.1 Å². The van der Waals surface area contributed by atoms with Gasteiger partial charge in [0.05, 0.1) is 11.2 Å². The summed E-state index contributed by atoms with van der Waals surface area (Å²) in [6.45, 7) is 4.22. The second-order valence-corrected chi connectivity index (χ2v) is 6.20. The minimum absolute atomic E-state index is 0.210. The second kappa shape index (κ2) is 5.54. The highest BCUT2D eigenvalue weighted by molar-refractivity contribution is 5.90. The Morgan fingerprint density at radius 2 is 1.91 bits per heavy atom. The van der Waals surface area contributed by atoms with Gasteiger partial charge >= 0.3 is 0 Å². The number of hydrogen-bond acceptors (Lipinski definition) is 2. The summed E-state index contributed by atoms with van der Waals surface area (Å²) >= 11 is 0. The third-order valence-corrected chi connectivity index (χ3v) is 4.26. The minimum Gasteiger partial charge on any atom is -0.489 e. The molecule has 2 aromatic carbocycles. The van der Waals surface area contributed by atoms with Gasteiger partial charge in [-0.1, -0.05) is 48.0 Å². The Hall–Kier alpha value is -2.61. The second-order valence-electron chi connectivity index (χ2n) is 6.20. The van der Waals surface area contributed by atoms with E-state index in [4.69, 9.17) is 9.72 Å². The molecule has 0 aliphatic carbocycles. The molecule has 1 aliphatic rings. The normalized spacial score (nSPS) is 16.7. The zero-order valence-electron chi connectivity index (χ0n) is 13.4. The number of benzene rings is 2. The van der Waals surface area contributed by atoms with Gasteiger partial charge in [-0.25, -0.2) is 4.98 Å². The molecule has 23 heavy (non-hydrogen) atoms. The van der Waals surface area contributed by atoms with Crippen LogP contribution in [0.4, 0.5) is 0 Å². The number of fused-ring (bicyclic) bond motifs is 3. The summed E-state index contributed by atoms with van der Waals surface area (Å²) in [5.41, 5.74) is 5.65. The van der Waals surface area contributed by atoms with Crippen LogP contribution in [0.2, 0.25) is 0 Å². The van der Waals surface area contributed by atoms with Crippen molar-refractivity contribution in [3.63, 3.8) is 0 Å². The van der Waals surface area contributed by atoms with Crippen molar-refractivity contribution in [3.05, 3.63) is 70.9 Å². The van der Waals surface area contributed by atoms with Crippen LogP contribution in [0.5, 0.6) is 5.75 Å². The van der Waals surface area contributed by atoms with E-state index in [1.54, 1.807) is 0 Å². The molecule has 0 spiro atoms. The van der Waals surface area contributed by atoms with E-state index >= 15 is 0 Å². The quantitative estimate of drug-likeness (QED) is 0.661. The number of aromatic nitrogens is 1. The molecule has 0 bridgehead atoms. The molecular formula is C21H19NO. The number of nitrogens with zero attached hydrogens (tertiary/aromatic N) is 1. The monoisotopic (exact) mass is 301 g/mol. The van der Waals surface area contributed by atoms with Gasteiger partial charge in [0.1, 0.15) is 11.9 Å². The van der Waals surface area contributed by atoms with Crippen LogP contribution >= 0.6 is 0 Å². The van der Waals surface area contributed by atoms with Crippen molar-refractivity contribution < 1.29 is 4.74 Å². The standard InChI is InChI=1S/C21H19NO/c1-14-8-10-19-17(12-14)21-18(13-15(2)23-21)20(22-19)11-9-16-6-4-3-5-7-16/h3-12,15H,13H2,1-2H3/t15-/m1/s1. The highest BCUT2D eigenvalue weighted by Crippen LogP contribution is 2.38. The maximum absolute atomic E-state index is 6.09. The van der Waals surface area contributed by atoms with E-state index in [2.05, 4.69) is 56.3 Å². The van der Waals surface area contributed by atoms with Crippen LogP contribution in [0, 0.1) is 6.92 Å². The molecule has 114 valence electrons. The summed E-state index contributed by atoms with van der Waals surface area (Å²) in [4.78, 5) is 4.87. The SMILES string of the molecule is Cc1ccc2nc(C=Cc3ccccc3)c3c(c2c1)O[C@H](C)C3. The van der Waals surface area contributed by atoms with E-state index in [-0.39, 0.29) is 6.10 Å². The average Bonchev–Trinajstić information content (AvgIpc) is 2.96. The fraction of sp³-hybridized carbons (Fsp3) is 0.190. The predicted molar refractivity (Wildman–Crippen MR) is 95.6 cm³/mol. The predicted octanol–water partition coefficient (Wildman–Crippen LogP) is 5.04. The number of hydrogen-bond donors (Lipinski definition) is 0. The molecule has 1 atom stereocenters. The van der Waals surface area contributed by atoms with Crippen molar-refractivity contribution in [2.75, 3.05) is 0 Å². The van der Waals surface area contributed by atoms with Gasteiger partial charge in [0.25, 0.3) is 0 Å². The van der Waals surface area contributed by atoms with Crippen molar-refractivity contribution in [1.82, 2.24) is 4.98 Å². The topological polar surface area (TPSA) is 22.1 Å². The molecule has 4 rings (SSSR count). The lowest BCUT2D eigenvalue weighted by molar-refractivity contribution is 0.257.